The van der Waals surface area contributed by atoms with Crippen LogP contribution in [0.3, 0.4) is 0 Å². The lowest BCUT2D eigenvalue weighted by Gasteiger charge is -2.25. The third-order valence-electron chi connectivity index (χ3n) is 12.9. The van der Waals surface area contributed by atoms with E-state index in [-0.39, 0.29) is 19.1 Å². The number of rotatable bonds is 54. The van der Waals surface area contributed by atoms with Crippen LogP contribution in [0.5, 0.6) is 0 Å². The second-order valence-corrected chi connectivity index (χ2v) is 22.8. The number of aliphatic hydroxyl groups excluding tert-OH is 1. The van der Waals surface area contributed by atoms with Crippen LogP contribution >= 0.6 is 7.82 Å². The number of hydrogen-bond acceptors (Lipinski definition) is 5. The predicted molar refractivity (Wildman–Crippen MR) is 331 cm³/mol. The largest absolute Gasteiger partial charge is 0.472 e. The van der Waals surface area contributed by atoms with E-state index < -0.39 is 20.0 Å². The third kappa shape index (κ3) is 58.3. The number of carbonyl (C=O) groups is 1. The van der Waals surface area contributed by atoms with Gasteiger partial charge in [-0.05, 0) is 103 Å². The molecular weight excluding hydrogens is 960 g/mol. The smallest absolute Gasteiger partial charge is 0.387 e. The molecule has 9 heteroatoms. The molecule has 0 bridgehead atoms. The SMILES string of the molecule is CC/C=C\C/C=C\C/C=C\C/C=C\C/C=C\C/C=C\C/C=C\C/C=C\C/C=C\CCCCCCCCCCCC(=O)NC(COP(=O)(O)OCC[N+](C)(C)C)C(O)/C=C/CC/C=C/CCCCCCCCCCCCC. The molecule has 0 saturated heterocycles. The summed E-state index contributed by atoms with van der Waals surface area (Å²) in [6.07, 6.45) is 85.6. The highest BCUT2D eigenvalue weighted by Gasteiger charge is 2.27. The van der Waals surface area contributed by atoms with E-state index in [9.17, 15) is 19.4 Å². The van der Waals surface area contributed by atoms with Gasteiger partial charge in [-0.1, -0.05) is 257 Å². The van der Waals surface area contributed by atoms with Crippen LogP contribution in [0.2, 0.25) is 0 Å². The molecule has 8 nitrogen and oxygen atoms in total. The normalized spacial score (nSPS) is 14.8. The monoisotopic (exact) mass is 1080 g/mol. The Labute approximate surface area is 468 Å². The van der Waals surface area contributed by atoms with Gasteiger partial charge in [-0.2, -0.15) is 0 Å². The molecule has 0 fully saturated rings. The topological polar surface area (TPSA) is 105 Å². The summed E-state index contributed by atoms with van der Waals surface area (Å²) in [5, 5.41) is 13.9. The second-order valence-electron chi connectivity index (χ2n) is 21.3. The van der Waals surface area contributed by atoms with E-state index in [1.165, 1.54) is 109 Å². The highest BCUT2D eigenvalue weighted by atomic mass is 31.2. The van der Waals surface area contributed by atoms with Gasteiger partial charge in [0.25, 0.3) is 0 Å². The summed E-state index contributed by atoms with van der Waals surface area (Å²) in [4.78, 5) is 23.3. The number of nitrogens with zero attached hydrogens (tertiary/aromatic N) is 1. The van der Waals surface area contributed by atoms with Crippen LogP contribution in [0.25, 0.3) is 0 Å². The molecule has 3 atom stereocenters. The number of nitrogens with one attached hydrogen (secondary N) is 1. The van der Waals surface area contributed by atoms with Crippen molar-refractivity contribution in [3.63, 3.8) is 0 Å². The van der Waals surface area contributed by atoms with Crippen LogP contribution in [0.15, 0.2) is 134 Å². The number of amides is 1. The summed E-state index contributed by atoms with van der Waals surface area (Å²) < 4.78 is 23.7. The van der Waals surface area contributed by atoms with Crippen molar-refractivity contribution in [3.8, 4) is 0 Å². The van der Waals surface area contributed by atoms with Crippen LogP contribution in [0.4, 0.5) is 0 Å². The first kappa shape index (κ1) is 72.6. The van der Waals surface area contributed by atoms with Crippen molar-refractivity contribution in [1.82, 2.24) is 5.32 Å². The van der Waals surface area contributed by atoms with Crippen molar-refractivity contribution in [3.05, 3.63) is 134 Å². The third-order valence-corrected chi connectivity index (χ3v) is 13.8. The highest BCUT2D eigenvalue weighted by Crippen LogP contribution is 2.43. The molecule has 0 radical (unpaired) electrons. The fraction of sp³-hybridized carbons (Fsp3) is 0.657. The summed E-state index contributed by atoms with van der Waals surface area (Å²) >= 11 is 0. The molecule has 0 saturated carbocycles. The Hall–Kier alpha value is -3.36. The summed E-state index contributed by atoms with van der Waals surface area (Å²) in [5.41, 5.74) is 0. The molecule has 0 aliphatic carbocycles. The van der Waals surface area contributed by atoms with E-state index in [1.807, 2.05) is 27.2 Å². The van der Waals surface area contributed by atoms with Crippen LogP contribution < -0.4 is 5.32 Å². The van der Waals surface area contributed by atoms with E-state index in [1.54, 1.807) is 6.08 Å². The molecule has 0 heterocycles. The molecule has 1 amide bonds. The number of phosphoric acid groups is 1. The maximum Gasteiger partial charge on any atom is 0.472 e. The number of unbranched alkanes of at least 4 members (excludes halogenated alkanes) is 21. The van der Waals surface area contributed by atoms with E-state index >= 15 is 0 Å². The lowest BCUT2D eigenvalue weighted by molar-refractivity contribution is -0.870. The summed E-state index contributed by atoms with van der Waals surface area (Å²) in [5.74, 6) is -0.198. The average Bonchev–Trinajstić information content (AvgIpc) is 3.38. The van der Waals surface area contributed by atoms with E-state index in [2.05, 4.69) is 141 Å². The quantitative estimate of drug-likeness (QED) is 0.0243. The first-order valence-electron chi connectivity index (χ1n) is 30.6. The van der Waals surface area contributed by atoms with Gasteiger partial charge in [-0.25, -0.2) is 4.57 Å². The maximum atomic E-state index is 13.0. The Morgan fingerprint density at radius 2 is 0.803 bits per heavy atom. The van der Waals surface area contributed by atoms with Gasteiger partial charge in [0, 0.05) is 6.42 Å². The number of hydrogen-bond donors (Lipinski definition) is 3. The molecule has 0 aromatic carbocycles. The molecule has 0 aliphatic heterocycles. The minimum absolute atomic E-state index is 0.0486. The van der Waals surface area contributed by atoms with Gasteiger partial charge in [-0.15, -0.1) is 0 Å². The molecule has 0 aromatic heterocycles. The summed E-state index contributed by atoms with van der Waals surface area (Å²) in [6.45, 7) is 4.67. The zero-order valence-corrected chi connectivity index (χ0v) is 50.3. The number of allylic oxidation sites excluding steroid dienone is 21. The maximum absolute atomic E-state index is 13.0. The zero-order chi connectivity index (χ0) is 55.6. The van der Waals surface area contributed by atoms with Crippen molar-refractivity contribution in [2.45, 2.75) is 244 Å². The van der Waals surface area contributed by atoms with Crippen molar-refractivity contribution in [2.24, 2.45) is 0 Å². The molecule has 0 rings (SSSR count). The number of carbonyl (C=O) groups excluding carboxylic acids is 1. The van der Waals surface area contributed by atoms with Crippen LogP contribution in [-0.4, -0.2) is 73.4 Å². The molecule has 0 aromatic rings. The standard InChI is InChI=1S/C67H115N2O6P/c1-6-8-10-12-14-16-18-20-22-24-25-26-27-28-29-30-31-32-33-34-35-36-37-38-39-40-41-42-43-45-47-49-51-53-55-57-59-61-67(71)68-65(64-75-76(72,73)74-63-62-69(3,4)5)66(70)60-58-56-54-52-50-48-46-44-23-21-19-17-15-13-11-9-7-2/h8,10,14,16,20,22,25-26,28-29,31-32,34-35,37-38,40-41,50,52,58,60,65-66,70H,6-7,9,11-13,15,17-19,21,23-24,27,30,33,36,39,42-49,51,53-57,59,61-64H2,1-5H3,(H-,68,71,72,73)/p+1/b10-8-,16-14-,22-20-,26-25-,29-28-,32-31-,35-34-,38-37-,41-40-,52-50+,60-58+. The average molecular weight is 1080 g/mol. The van der Waals surface area contributed by atoms with Crippen molar-refractivity contribution >= 4 is 13.7 Å². The van der Waals surface area contributed by atoms with Gasteiger partial charge < -0.3 is 19.8 Å². The Morgan fingerprint density at radius 3 is 1.21 bits per heavy atom. The minimum Gasteiger partial charge on any atom is -0.387 e. The number of phosphoric ester groups is 1. The fourth-order valence-electron chi connectivity index (χ4n) is 8.11. The second kappa shape index (κ2) is 56.4. The molecule has 434 valence electrons. The van der Waals surface area contributed by atoms with E-state index in [0.717, 1.165) is 103 Å². The first-order chi connectivity index (χ1) is 37.0. The van der Waals surface area contributed by atoms with Crippen LogP contribution in [0, 0.1) is 0 Å². The van der Waals surface area contributed by atoms with E-state index in [4.69, 9.17) is 9.05 Å². The predicted octanol–water partition coefficient (Wildman–Crippen LogP) is 19.1. The van der Waals surface area contributed by atoms with Gasteiger partial charge in [0.15, 0.2) is 0 Å². The molecule has 3 unspecified atom stereocenters. The van der Waals surface area contributed by atoms with Crippen molar-refractivity contribution in [1.29, 1.82) is 0 Å². The van der Waals surface area contributed by atoms with Gasteiger partial charge in [0.1, 0.15) is 13.2 Å². The molecular formula is C67H116N2O6P+. The molecule has 0 aliphatic rings. The first-order valence-corrected chi connectivity index (χ1v) is 32.1. The number of quaternary nitrogens is 1. The van der Waals surface area contributed by atoms with Gasteiger partial charge >= 0.3 is 7.82 Å². The fourth-order valence-corrected chi connectivity index (χ4v) is 8.84. The van der Waals surface area contributed by atoms with E-state index in [0.29, 0.717) is 17.4 Å². The molecule has 3 N–H and O–H groups in total. The molecule has 76 heavy (non-hydrogen) atoms. The number of aliphatic hydroxyl groups is 1. The minimum atomic E-state index is -4.37. The Kier molecular flexibility index (Phi) is 53.9. The Bertz CT molecular complexity index is 1700. The Balaban J connectivity index is 4.19. The lowest BCUT2D eigenvalue weighted by atomic mass is 10.0. The van der Waals surface area contributed by atoms with Crippen molar-refractivity contribution in [2.75, 3.05) is 40.9 Å². The lowest BCUT2D eigenvalue weighted by Crippen LogP contribution is -2.45. The zero-order valence-electron chi connectivity index (χ0n) is 49.4. The van der Waals surface area contributed by atoms with Gasteiger partial charge in [0.05, 0.1) is 39.9 Å². The van der Waals surface area contributed by atoms with Gasteiger partial charge in [-0.3, -0.25) is 13.8 Å². The van der Waals surface area contributed by atoms with Crippen LogP contribution in [0.1, 0.15) is 232 Å². The summed E-state index contributed by atoms with van der Waals surface area (Å²) in [7, 11) is 1.53. The summed E-state index contributed by atoms with van der Waals surface area (Å²) in [6, 6.07) is -0.876. The Morgan fingerprint density at radius 1 is 0.461 bits per heavy atom. The highest BCUT2D eigenvalue weighted by molar-refractivity contribution is 7.47. The number of likely N-dealkylation sites (N-methyl/N-ethyl adjacent to an activating group) is 1. The molecule has 0 spiro atoms. The van der Waals surface area contributed by atoms with Crippen molar-refractivity contribution < 1.29 is 32.9 Å². The van der Waals surface area contributed by atoms with Gasteiger partial charge in [0.2, 0.25) is 5.91 Å². The van der Waals surface area contributed by atoms with Crippen LogP contribution in [-0.2, 0) is 18.4 Å².